The van der Waals surface area contributed by atoms with Crippen molar-refractivity contribution in [3.63, 3.8) is 0 Å². The van der Waals surface area contributed by atoms with Crippen LogP contribution in [0.3, 0.4) is 0 Å². The van der Waals surface area contributed by atoms with Gasteiger partial charge in [0.15, 0.2) is 0 Å². The Morgan fingerprint density at radius 1 is 1.24 bits per heavy atom. The quantitative estimate of drug-likeness (QED) is 0.610. The zero-order chi connectivity index (χ0) is 12.9. The molecule has 0 bridgehead atoms. The molecule has 0 heterocycles. The molecule has 0 saturated heterocycles. The molecule has 0 fully saturated rings. The van der Waals surface area contributed by atoms with Crippen molar-refractivity contribution in [2.45, 2.75) is 32.8 Å². The topological polar surface area (TPSA) is 35.5 Å². The van der Waals surface area contributed by atoms with E-state index in [4.69, 9.17) is 9.47 Å². The van der Waals surface area contributed by atoms with Crippen LogP contribution in [0.4, 0.5) is 4.79 Å². The van der Waals surface area contributed by atoms with Gasteiger partial charge in [-0.05, 0) is 38.5 Å². The van der Waals surface area contributed by atoms with Gasteiger partial charge in [-0.15, -0.1) is 0 Å². The number of carbonyl (C=O) groups is 1. The van der Waals surface area contributed by atoms with E-state index in [1.165, 1.54) is 0 Å². The third-order valence-corrected chi connectivity index (χ3v) is 2.27. The molecular weight excluding hydrogens is 331 g/mol. The Hall–Kier alpha value is -0.780. The van der Waals surface area contributed by atoms with Crippen molar-refractivity contribution >= 4 is 26.6 Å². The van der Waals surface area contributed by atoms with E-state index >= 15 is 0 Å². The maximum absolute atomic E-state index is 10.6. The third kappa shape index (κ3) is 6.51. The van der Waals surface area contributed by atoms with Gasteiger partial charge in [0.1, 0.15) is 11.4 Å². The van der Waals surface area contributed by atoms with Crippen LogP contribution < -0.4 is 4.74 Å². The molecule has 1 rings (SSSR count). The Balaban J connectivity index is 2.47. The molecule has 0 atom stereocenters. The van der Waals surface area contributed by atoms with Crippen LogP contribution in [0.1, 0.15) is 26.3 Å². The first-order valence-electron chi connectivity index (χ1n) is 5.47. The van der Waals surface area contributed by atoms with Gasteiger partial charge in [-0.25, -0.2) is 4.79 Å². The van der Waals surface area contributed by atoms with Crippen molar-refractivity contribution in [2.24, 2.45) is 0 Å². The van der Waals surface area contributed by atoms with Gasteiger partial charge in [-0.3, -0.25) is 0 Å². The van der Waals surface area contributed by atoms with Crippen LogP contribution in [0, 0.1) is 0 Å². The second kappa shape index (κ2) is 6.23. The molecule has 17 heavy (non-hydrogen) atoms. The third-order valence-electron chi connectivity index (χ3n) is 1.95. The van der Waals surface area contributed by atoms with Crippen molar-refractivity contribution in [3.05, 3.63) is 29.8 Å². The van der Waals surface area contributed by atoms with Crippen LogP contribution in [0.2, 0.25) is 0 Å². The lowest BCUT2D eigenvalue weighted by atomic mass is 10.1. The summed E-state index contributed by atoms with van der Waals surface area (Å²) >= 11 is 1.62. The summed E-state index contributed by atoms with van der Waals surface area (Å²) < 4.78 is 10.3. The molecule has 0 spiro atoms. The summed E-state index contributed by atoms with van der Waals surface area (Å²) in [5, 5.41) is 0. The standard InChI is InChI=1S/C13H17IO3/c1-13(2,3)17-11-6-4-10(5-7-11)8-9-16-12(14)15/h4-7H,8-9H2,1-3H3. The summed E-state index contributed by atoms with van der Waals surface area (Å²) in [4.78, 5) is 10.6. The summed E-state index contributed by atoms with van der Waals surface area (Å²) in [5.74, 6) is 0.854. The van der Waals surface area contributed by atoms with Crippen LogP contribution in [0.25, 0.3) is 0 Å². The van der Waals surface area contributed by atoms with Crippen molar-refractivity contribution in [1.82, 2.24) is 0 Å². The van der Waals surface area contributed by atoms with Gasteiger partial charge in [0.25, 0.3) is 0 Å². The highest BCUT2D eigenvalue weighted by Crippen LogP contribution is 2.18. The summed E-state index contributed by atoms with van der Waals surface area (Å²) in [5.41, 5.74) is 0.946. The molecule has 4 heteroatoms. The summed E-state index contributed by atoms with van der Waals surface area (Å²) in [6.07, 6.45) is 0.727. The maximum Gasteiger partial charge on any atom is 0.367 e. The molecule has 94 valence electrons. The van der Waals surface area contributed by atoms with Gasteiger partial charge in [0, 0.05) is 6.42 Å². The lowest BCUT2D eigenvalue weighted by Gasteiger charge is -2.21. The van der Waals surface area contributed by atoms with Gasteiger partial charge in [-0.1, -0.05) is 12.1 Å². The predicted octanol–water partition coefficient (Wildman–Crippen LogP) is 3.98. The first kappa shape index (κ1) is 14.3. The largest absolute Gasteiger partial charge is 0.488 e. The Labute approximate surface area is 116 Å². The van der Waals surface area contributed by atoms with E-state index in [9.17, 15) is 4.79 Å². The minimum absolute atomic E-state index is 0.182. The molecule has 0 amide bonds. The zero-order valence-electron chi connectivity index (χ0n) is 10.3. The first-order valence-corrected chi connectivity index (χ1v) is 6.55. The molecular formula is C13H17IO3. The fourth-order valence-electron chi connectivity index (χ4n) is 1.33. The first-order chi connectivity index (χ1) is 7.87. The van der Waals surface area contributed by atoms with Gasteiger partial charge < -0.3 is 9.47 Å². The van der Waals surface area contributed by atoms with Gasteiger partial charge in [0.2, 0.25) is 0 Å². The molecule has 0 aromatic heterocycles. The summed E-state index contributed by atoms with van der Waals surface area (Å²) in [6.45, 7) is 6.46. The fourth-order valence-corrected chi connectivity index (χ4v) is 1.55. The van der Waals surface area contributed by atoms with Crippen LogP contribution in [0.5, 0.6) is 5.75 Å². The number of hydrogen-bond acceptors (Lipinski definition) is 3. The maximum atomic E-state index is 10.6. The Kier molecular flexibility index (Phi) is 5.24. The van der Waals surface area contributed by atoms with Crippen molar-refractivity contribution in [2.75, 3.05) is 6.61 Å². The van der Waals surface area contributed by atoms with Crippen molar-refractivity contribution in [1.29, 1.82) is 0 Å². The van der Waals surface area contributed by atoms with Crippen LogP contribution in [0.15, 0.2) is 24.3 Å². The van der Waals surface area contributed by atoms with E-state index in [0.29, 0.717) is 6.61 Å². The van der Waals surface area contributed by atoms with Crippen molar-refractivity contribution in [3.8, 4) is 5.75 Å². The van der Waals surface area contributed by atoms with E-state index in [1.807, 2.05) is 45.0 Å². The van der Waals surface area contributed by atoms with Gasteiger partial charge >= 0.3 is 3.98 Å². The zero-order valence-corrected chi connectivity index (χ0v) is 12.5. The molecule has 0 aliphatic heterocycles. The molecule has 0 unspecified atom stereocenters. The molecule has 1 aromatic carbocycles. The van der Waals surface area contributed by atoms with Gasteiger partial charge in [-0.2, -0.15) is 0 Å². The van der Waals surface area contributed by atoms with E-state index < -0.39 is 0 Å². The SMILES string of the molecule is CC(C)(C)Oc1ccc(CCOC(=O)I)cc1. The Morgan fingerprint density at radius 3 is 2.29 bits per heavy atom. The molecule has 3 nitrogen and oxygen atoms in total. The van der Waals surface area contributed by atoms with E-state index in [0.717, 1.165) is 17.7 Å². The van der Waals surface area contributed by atoms with Gasteiger partial charge in [0.05, 0.1) is 29.2 Å². The lowest BCUT2D eigenvalue weighted by Crippen LogP contribution is -2.22. The van der Waals surface area contributed by atoms with Crippen LogP contribution in [-0.2, 0) is 11.2 Å². The predicted molar refractivity (Wildman–Crippen MR) is 75.9 cm³/mol. The number of halogens is 1. The van der Waals surface area contributed by atoms with E-state index in [2.05, 4.69) is 0 Å². The molecule has 0 radical (unpaired) electrons. The second-order valence-corrected chi connectivity index (χ2v) is 5.58. The molecule has 1 aromatic rings. The number of hydrogen-bond donors (Lipinski definition) is 0. The highest BCUT2D eigenvalue weighted by Gasteiger charge is 2.11. The lowest BCUT2D eigenvalue weighted by molar-refractivity contribution is 0.131. The highest BCUT2D eigenvalue weighted by atomic mass is 127. The number of ether oxygens (including phenoxy) is 2. The smallest absolute Gasteiger partial charge is 0.367 e. The molecule has 0 saturated carbocycles. The normalized spacial score (nSPS) is 11.1. The average Bonchev–Trinajstić information content (AvgIpc) is 2.18. The minimum atomic E-state index is -0.268. The molecule has 0 N–H and O–H groups in total. The molecule has 0 aliphatic rings. The monoisotopic (exact) mass is 348 g/mol. The van der Waals surface area contributed by atoms with Crippen LogP contribution >= 0.6 is 22.6 Å². The fraction of sp³-hybridized carbons (Fsp3) is 0.462. The summed E-state index contributed by atoms with van der Waals surface area (Å²) in [7, 11) is 0. The average molecular weight is 348 g/mol. The Morgan fingerprint density at radius 2 is 1.82 bits per heavy atom. The number of rotatable bonds is 4. The second-order valence-electron chi connectivity index (χ2n) is 4.69. The highest BCUT2D eigenvalue weighted by molar-refractivity contribution is 14.1. The number of benzene rings is 1. The Bertz CT molecular complexity index is 365. The van der Waals surface area contributed by atoms with Crippen molar-refractivity contribution < 1.29 is 14.3 Å². The summed E-state index contributed by atoms with van der Waals surface area (Å²) in [6, 6.07) is 7.85. The van der Waals surface area contributed by atoms with E-state index in [-0.39, 0.29) is 9.58 Å². The molecule has 0 aliphatic carbocycles. The number of carbonyl (C=O) groups excluding carboxylic acids is 1. The minimum Gasteiger partial charge on any atom is -0.488 e. The van der Waals surface area contributed by atoms with E-state index in [1.54, 1.807) is 22.6 Å². The van der Waals surface area contributed by atoms with Crippen LogP contribution in [-0.4, -0.2) is 16.2 Å².